The van der Waals surface area contributed by atoms with Crippen LogP contribution in [0.2, 0.25) is 0 Å². The maximum absolute atomic E-state index is 12.4. The van der Waals surface area contributed by atoms with Crippen LogP contribution in [0.4, 0.5) is 0 Å². The molecule has 0 heterocycles. The van der Waals surface area contributed by atoms with Crippen molar-refractivity contribution in [2.24, 2.45) is 5.41 Å². The second-order valence-corrected chi connectivity index (χ2v) is 6.82. The molecule has 1 aromatic rings. The first kappa shape index (κ1) is 17.3. The van der Waals surface area contributed by atoms with E-state index >= 15 is 0 Å². The SMILES string of the molecule is Cc1cc(C(=O)NCC2(C)CCCC2)cc(C)c1OCC(=O)O. The summed E-state index contributed by atoms with van der Waals surface area (Å²) in [6.07, 6.45) is 4.79. The van der Waals surface area contributed by atoms with Crippen LogP contribution in [-0.2, 0) is 4.79 Å². The summed E-state index contributed by atoms with van der Waals surface area (Å²) in [5.41, 5.74) is 2.33. The Morgan fingerprint density at radius 2 is 1.78 bits per heavy atom. The molecule has 5 nitrogen and oxygen atoms in total. The van der Waals surface area contributed by atoms with Crippen molar-refractivity contribution in [1.82, 2.24) is 5.32 Å². The number of aryl methyl sites for hydroxylation is 2. The molecule has 1 saturated carbocycles. The van der Waals surface area contributed by atoms with Crippen molar-refractivity contribution in [3.63, 3.8) is 0 Å². The highest BCUT2D eigenvalue weighted by Gasteiger charge is 2.29. The molecule has 23 heavy (non-hydrogen) atoms. The Kier molecular flexibility index (Phi) is 5.29. The minimum absolute atomic E-state index is 0.0888. The smallest absolute Gasteiger partial charge is 0.341 e. The van der Waals surface area contributed by atoms with Gasteiger partial charge in [-0.25, -0.2) is 4.79 Å². The summed E-state index contributed by atoms with van der Waals surface area (Å²) in [4.78, 5) is 23.0. The molecule has 0 bridgehead atoms. The largest absolute Gasteiger partial charge is 0.481 e. The zero-order valence-electron chi connectivity index (χ0n) is 14.1. The number of carbonyl (C=O) groups is 2. The second-order valence-electron chi connectivity index (χ2n) is 6.82. The van der Waals surface area contributed by atoms with Crippen LogP contribution < -0.4 is 10.1 Å². The number of aliphatic carboxylic acids is 1. The topological polar surface area (TPSA) is 75.6 Å². The van der Waals surface area contributed by atoms with Crippen LogP contribution in [0.3, 0.4) is 0 Å². The van der Waals surface area contributed by atoms with Crippen LogP contribution in [0.15, 0.2) is 12.1 Å². The van der Waals surface area contributed by atoms with Gasteiger partial charge in [0.05, 0.1) is 0 Å². The lowest BCUT2D eigenvalue weighted by Gasteiger charge is -2.23. The van der Waals surface area contributed by atoms with Crippen molar-refractivity contribution in [2.75, 3.05) is 13.2 Å². The molecule has 0 spiro atoms. The van der Waals surface area contributed by atoms with E-state index in [2.05, 4.69) is 12.2 Å². The number of nitrogens with one attached hydrogen (secondary N) is 1. The predicted octanol–water partition coefficient (Wildman–Crippen LogP) is 3.08. The summed E-state index contributed by atoms with van der Waals surface area (Å²) in [5, 5.41) is 11.7. The van der Waals surface area contributed by atoms with E-state index < -0.39 is 5.97 Å². The zero-order chi connectivity index (χ0) is 17.0. The number of benzene rings is 1. The van der Waals surface area contributed by atoms with Crippen LogP contribution in [0.5, 0.6) is 5.75 Å². The number of carbonyl (C=O) groups excluding carboxylic acids is 1. The van der Waals surface area contributed by atoms with Crippen molar-refractivity contribution in [3.8, 4) is 5.75 Å². The van der Waals surface area contributed by atoms with E-state index in [9.17, 15) is 9.59 Å². The molecule has 1 aliphatic carbocycles. The van der Waals surface area contributed by atoms with E-state index in [1.54, 1.807) is 12.1 Å². The third-order valence-electron chi connectivity index (χ3n) is 4.55. The fourth-order valence-electron chi connectivity index (χ4n) is 3.24. The van der Waals surface area contributed by atoms with Gasteiger partial charge in [-0.05, 0) is 55.4 Å². The standard InChI is InChI=1S/C18H25NO4/c1-12-8-14(9-13(2)16(12)23-10-15(20)21)17(22)19-11-18(3)6-4-5-7-18/h8-9H,4-7,10-11H2,1-3H3,(H,19,22)(H,20,21). The van der Waals surface area contributed by atoms with Crippen LogP contribution in [0.25, 0.3) is 0 Å². The molecule has 0 unspecified atom stereocenters. The van der Waals surface area contributed by atoms with Gasteiger partial charge in [0.15, 0.2) is 6.61 Å². The van der Waals surface area contributed by atoms with Crippen molar-refractivity contribution in [3.05, 3.63) is 28.8 Å². The fraction of sp³-hybridized carbons (Fsp3) is 0.556. The highest BCUT2D eigenvalue weighted by Crippen LogP contribution is 2.36. The van der Waals surface area contributed by atoms with Crippen molar-refractivity contribution >= 4 is 11.9 Å². The van der Waals surface area contributed by atoms with Crippen LogP contribution in [-0.4, -0.2) is 30.1 Å². The second kappa shape index (κ2) is 7.02. The molecule has 0 atom stereocenters. The van der Waals surface area contributed by atoms with Crippen LogP contribution in [0, 0.1) is 19.3 Å². The summed E-state index contributed by atoms with van der Waals surface area (Å²) in [6, 6.07) is 3.49. The molecule has 1 fully saturated rings. The number of hydrogen-bond acceptors (Lipinski definition) is 3. The number of hydrogen-bond donors (Lipinski definition) is 2. The monoisotopic (exact) mass is 319 g/mol. The Morgan fingerprint density at radius 1 is 1.22 bits per heavy atom. The fourth-order valence-corrected chi connectivity index (χ4v) is 3.24. The molecule has 2 rings (SSSR count). The maximum atomic E-state index is 12.4. The summed E-state index contributed by atoms with van der Waals surface area (Å²) in [7, 11) is 0. The average molecular weight is 319 g/mol. The number of amides is 1. The molecular formula is C18H25NO4. The van der Waals surface area contributed by atoms with E-state index in [4.69, 9.17) is 9.84 Å². The van der Waals surface area contributed by atoms with Crippen LogP contribution in [0.1, 0.15) is 54.1 Å². The number of carboxylic acids is 1. The van der Waals surface area contributed by atoms with E-state index in [1.165, 1.54) is 12.8 Å². The van der Waals surface area contributed by atoms with E-state index in [1.807, 2.05) is 13.8 Å². The van der Waals surface area contributed by atoms with Gasteiger partial charge in [-0.15, -0.1) is 0 Å². The molecule has 1 aliphatic rings. The molecule has 1 aromatic carbocycles. The molecule has 0 aromatic heterocycles. The van der Waals surface area contributed by atoms with Gasteiger partial charge in [-0.1, -0.05) is 19.8 Å². The molecule has 5 heteroatoms. The lowest BCUT2D eigenvalue weighted by Crippen LogP contribution is -2.34. The number of ether oxygens (including phenoxy) is 1. The van der Waals surface area contributed by atoms with E-state index in [-0.39, 0.29) is 17.9 Å². The lowest BCUT2D eigenvalue weighted by molar-refractivity contribution is -0.139. The summed E-state index contributed by atoms with van der Waals surface area (Å²) in [6.45, 7) is 6.17. The molecule has 126 valence electrons. The predicted molar refractivity (Wildman–Crippen MR) is 88.0 cm³/mol. The molecular weight excluding hydrogens is 294 g/mol. The first-order valence-corrected chi connectivity index (χ1v) is 8.05. The van der Waals surface area contributed by atoms with Gasteiger partial charge >= 0.3 is 5.97 Å². The first-order chi connectivity index (χ1) is 10.8. The Balaban J connectivity index is 2.04. The van der Waals surface area contributed by atoms with Crippen molar-refractivity contribution < 1.29 is 19.4 Å². The van der Waals surface area contributed by atoms with Crippen molar-refractivity contribution in [1.29, 1.82) is 0 Å². The van der Waals surface area contributed by atoms with Gasteiger partial charge < -0.3 is 15.2 Å². The zero-order valence-corrected chi connectivity index (χ0v) is 14.1. The Hall–Kier alpha value is -2.04. The quantitative estimate of drug-likeness (QED) is 0.845. The summed E-state index contributed by atoms with van der Waals surface area (Å²) < 4.78 is 5.29. The summed E-state index contributed by atoms with van der Waals surface area (Å²) >= 11 is 0. The third-order valence-corrected chi connectivity index (χ3v) is 4.55. The lowest BCUT2D eigenvalue weighted by atomic mass is 9.89. The van der Waals surface area contributed by atoms with E-state index in [0.29, 0.717) is 17.9 Å². The molecule has 0 saturated heterocycles. The molecule has 0 radical (unpaired) electrons. The first-order valence-electron chi connectivity index (χ1n) is 8.05. The molecule has 1 amide bonds. The normalized spacial score (nSPS) is 16.1. The number of rotatable bonds is 6. The van der Waals surface area contributed by atoms with Gasteiger partial charge in [-0.2, -0.15) is 0 Å². The van der Waals surface area contributed by atoms with Gasteiger partial charge in [0.2, 0.25) is 0 Å². The minimum atomic E-state index is -1.02. The average Bonchev–Trinajstić information content (AvgIpc) is 2.90. The minimum Gasteiger partial charge on any atom is -0.481 e. The van der Waals surface area contributed by atoms with Gasteiger partial charge in [0.25, 0.3) is 5.91 Å². The molecule has 2 N–H and O–H groups in total. The third kappa shape index (κ3) is 4.47. The Morgan fingerprint density at radius 3 is 2.30 bits per heavy atom. The highest BCUT2D eigenvalue weighted by molar-refractivity contribution is 5.95. The Labute approximate surface area is 137 Å². The highest BCUT2D eigenvalue weighted by atomic mass is 16.5. The van der Waals surface area contributed by atoms with Gasteiger partial charge in [-0.3, -0.25) is 4.79 Å². The summed E-state index contributed by atoms with van der Waals surface area (Å²) in [5.74, 6) is -0.573. The van der Waals surface area contributed by atoms with Gasteiger partial charge in [0.1, 0.15) is 5.75 Å². The van der Waals surface area contributed by atoms with E-state index in [0.717, 1.165) is 24.0 Å². The van der Waals surface area contributed by atoms with Crippen molar-refractivity contribution in [2.45, 2.75) is 46.5 Å². The molecule has 0 aliphatic heterocycles. The van der Waals surface area contributed by atoms with Gasteiger partial charge in [0, 0.05) is 12.1 Å². The number of carboxylic acid groups (broad SMARTS) is 1. The maximum Gasteiger partial charge on any atom is 0.341 e. The van der Waals surface area contributed by atoms with Crippen LogP contribution >= 0.6 is 0 Å². The Bertz CT molecular complexity index is 580.